The number of nitrogen functional groups attached to an aromatic ring is 1. The summed E-state index contributed by atoms with van der Waals surface area (Å²) < 4.78 is 18.4. The lowest BCUT2D eigenvalue weighted by atomic mass is 10.1. The Balaban J connectivity index is 2.28. The van der Waals surface area contributed by atoms with Gasteiger partial charge in [-0.25, -0.2) is 0 Å². The Morgan fingerprint density at radius 3 is 2.53 bits per heavy atom. The highest BCUT2D eigenvalue weighted by atomic mass is 19.1. The first-order chi connectivity index (χ1) is 8.04. The van der Waals surface area contributed by atoms with Crippen molar-refractivity contribution < 1.29 is 9.13 Å². The Morgan fingerprint density at radius 2 is 1.88 bits per heavy atom. The summed E-state index contributed by atoms with van der Waals surface area (Å²) >= 11 is 0. The van der Waals surface area contributed by atoms with Gasteiger partial charge in [-0.05, 0) is 37.1 Å². The minimum absolute atomic E-state index is 0.0956. The zero-order chi connectivity index (χ0) is 12.4. The molecule has 0 saturated heterocycles. The van der Waals surface area contributed by atoms with Crippen LogP contribution in [0.1, 0.15) is 11.1 Å². The summed E-state index contributed by atoms with van der Waals surface area (Å²) in [4.78, 5) is 7.11. The van der Waals surface area contributed by atoms with Crippen molar-refractivity contribution in [2.24, 2.45) is 0 Å². The predicted molar refractivity (Wildman–Crippen MR) is 62.4 cm³/mol. The molecule has 2 N–H and O–H groups in total. The van der Waals surface area contributed by atoms with Crippen molar-refractivity contribution in [3.8, 4) is 11.6 Å². The smallest absolute Gasteiger partial charge is 0.227 e. The molecule has 1 aromatic carbocycles. The van der Waals surface area contributed by atoms with Crippen LogP contribution < -0.4 is 10.5 Å². The maximum absolute atomic E-state index is 13.0. The third-order valence-corrected chi connectivity index (χ3v) is 2.39. The largest absolute Gasteiger partial charge is 0.439 e. The molecule has 17 heavy (non-hydrogen) atoms. The second-order valence-corrected chi connectivity index (χ2v) is 3.74. The molecule has 2 aromatic rings. The zero-order valence-corrected chi connectivity index (χ0v) is 9.57. The number of aryl methyl sites for hydroxylation is 2. The molecule has 5 heteroatoms. The Labute approximate surface area is 98.3 Å². The fourth-order valence-electron chi connectivity index (χ4n) is 1.36. The van der Waals surface area contributed by atoms with Crippen molar-refractivity contribution in [3.63, 3.8) is 0 Å². The fourth-order valence-corrected chi connectivity index (χ4v) is 1.36. The summed E-state index contributed by atoms with van der Waals surface area (Å²) in [5.41, 5.74) is 7.57. The van der Waals surface area contributed by atoms with E-state index in [9.17, 15) is 4.39 Å². The predicted octanol–water partition coefficient (Wildman–Crippen LogP) is 2.61. The maximum Gasteiger partial charge on any atom is 0.227 e. The second-order valence-electron chi connectivity index (χ2n) is 3.74. The summed E-state index contributed by atoms with van der Waals surface area (Å²) in [6, 6.07) is 6.65. The van der Waals surface area contributed by atoms with Gasteiger partial charge in [0.25, 0.3) is 0 Å². The summed E-state index contributed by atoms with van der Waals surface area (Å²) in [5, 5.41) is 0. The highest BCUT2D eigenvalue weighted by molar-refractivity contribution is 5.36. The van der Waals surface area contributed by atoms with Crippen molar-refractivity contribution in [1.82, 2.24) is 9.97 Å². The maximum atomic E-state index is 13.0. The number of benzene rings is 1. The fraction of sp³-hybridized carbons (Fsp3) is 0.167. The quantitative estimate of drug-likeness (QED) is 0.810. The third-order valence-electron chi connectivity index (χ3n) is 2.39. The van der Waals surface area contributed by atoms with E-state index < -0.39 is 5.95 Å². The van der Waals surface area contributed by atoms with Gasteiger partial charge in [-0.15, -0.1) is 0 Å². The lowest BCUT2D eigenvalue weighted by Gasteiger charge is -2.07. The lowest BCUT2D eigenvalue weighted by molar-refractivity contribution is 0.452. The lowest BCUT2D eigenvalue weighted by Crippen LogP contribution is -1.99. The molecule has 0 aliphatic heterocycles. The minimum Gasteiger partial charge on any atom is -0.439 e. The second kappa shape index (κ2) is 4.37. The van der Waals surface area contributed by atoms with Gasteiger partial charge in [0.15, 0.2) is 0 Å². The van der Waals surface area contributed by atoms with E-state index in [2.05, 4.69) is 9.97 Å². The average Bonchev–Trinajstić information content (AvgIpc) is 2.22. The van der Waals surface area contributed by atoms with Gasteiger partial charge in [-0.3, -0.25) is 0 Å². The molecule has 0 saturated carbocycles. The zero-order valence-electron chi connectivity index (χ0n) is 9.57. The van der Waals surface area contributed by atoms with Crippen LogP contribution >= 0.6 is 0 Å². The standard InChI is InChI=1S/C12H12FN3O/c1-7-3-4-9(5-8(7)2)17-11-6-10(13)15-12(14)16-11/h3-6H,1-2H3,(H2,14,15,16). The molecule has 2 rings (SSSR count). The van der Waals surface area contributed by atoms with Crippen LogP contribution in [0.5, 0.6) is 11.6 Å². The van der Waals surface area contributed by atoms with Crippen molar-refractivity contribution in [1.29, 1.82) is 0 Å². The van der Waals surface area contributed by atoms with E-state index >= 15 is 0 Å². The van der Waals surface area contributed by atoms with Crippen molar-refractivity contribution in [3.05, 3.63) is 41.3 Å². The van der Waals surface area contributed by atoms with E-state index in [1.165, 1.54) is 0 Å². The number of ether oxygens (including phenoxy) is 1. The number of aromatic nitrogens is 2. The molecule has 0 aliphatic rings. The Bertz CT molecular complexity index is 537. The van der Waals surface area contributed by atoms with Crippen LogP contribution in [0.4, 0.5) is 10.3 Å². The third kappa shape index (κ3) is 2.69. The molecule has 0 fully saturated rings. The molecular weight excluding hydrogens is 221 g/mol. The van der Waals surface area contributed by atoms with Crippen LogP contribution in [-0.2, 0) is 0 Å². The molecule has 0 radical (unpaired) electrons. The van der Waals surface area contributed by atoms with Crippen LogP contribution in [0, 0.1) is 19.8 Å². The topological polar surface area (TPSA) is 61.0 Å². The van der Waals surface area contributed by atoms with Crippen LogP contribution in [0.3, 0.4) is 0 Å². The highest BCUT2D eigenvalue weighted by Crippen LogP contribution is 2.22. The molecule has 1 heterocycles. The molecule has 0 spiro atoms. The normalized spacial score (nSPS) is 10.3. The van der Waals surface area contributed by atoms with E-state index in [4.69, 9.17) is 10.5 Å². The van der Waals surface area contributed by atoms with Gasteiger partial charge in [0.1, 0.15) is 5.75 Å². The van der Waals surface area contributed by atoms with Gasteiger partial charge < -0.3 is 10.5 Å². The Kier molecular flexibility index (Phi) is 2.91. The van der Waals surface area contributed by atoms with Gasteiger partial charge in [0.05, 0.1) is 6.07 Å². The Morgan fingerprint density at radius 1 is 1.12 bits per heavy atom. The number of hydrogen-bond donors (Lipinski definition) is 1. The average molecular weight is 233 g/mol. The number of hydrogen-bond acceptors (Lipinski definition) is 4. The molecule has 0 bridgehead atoms. The van der Waals surface area contributed by atoms with Crippen molar-refractivity contribution in [2.45, 2.75) is 13.8 Å². The summed E-state index contributed by atoms with van der Waals surface area (Å²) in [6.45, 7) is 3.97. The summed E-state index contributed by atoms with van der Waals surface area (Å²) in [5.74, 6) is -0.177. The number of nitrogens with zero attached hydrogens (tertiary/aromatic N) is 2. The number of rotatable bonds is 2. The summed E-state index contributed by atoms with van der Waals surface area (Å²) in [6.07, 6.45) is 0. The number of nitrogens with two attached hydrogens (primary N) is 1. The van der Waals surface area contributed by atoms with Crippen LogP contribution in [-0.4, -0.2) is 9.97 Å². The molecule has 0 amide bonds. The molecule has 0 aliphatic carbocycles. The Hall–Kier alpha value is -2.17. The first kappa shape index (κ1) is 11.3. The first-order valence-electron chi connectivity index (χ1n) is 5.10. The van der Waals surface area contributed by atoms with Gasteiger partial charge in [-0.1, -0.05) is 6.07 Å². The van der Waals surface area contributed by atoms with Crippen molar-refractivity contribution in [2.75, 3.05) is 5.73 Å². The van der Waals surface area contributed by atoms with E-state index in [1.807, 2.05) is 26.0 Å². The monoisotopic (exact) mass is 233 g/mol. The van der Waals surface area contributed by atoms with Gasteiger partial charge in [0, 0.05) is 0 Å². The molecule has 88 valence electrons. The van der Waals surface area contributed by atoms with E-state index in [1.54, 1.807) is 6.07 Å². The first-order valence-corrected chi connectivity index (χ1v) is 5.10. The molecular formula is C12H12FN3O. The van der Waals surface area contributed by atoms with E-state index in [0.717, 1.165) is 17.2 Å². The van der Waals surface area contributed by atoms with Crippen LogP contribution in [0.2, 0.25) is 0 Å². The minimum atomic E-state index is -0.712. The molecule has 4 nitrogen and oxygen atoms in total. The van der Waals surface area contributed by atoms with Gasteiger partial charge in [0.2, 0.25) is 17.8 Å². The molecule has 0 unspecified atom stereocenters. The summed E-state index contributed by atoms with van der Waals surface area (Å²) in [7, 11) is 0. The molecule has 1 aromatic heterocycles. The van der Waals surface area contributed by atoms with Gasteiger partial charge in [-0.2, -0.15) is 14.4 Å². The van der Waals surface area contributed by atoms with E-state index in [0.29, 0.717) is 5.75 Å². The molecule has 0 atom stereocenters. The number of halogens is 1. The highest BCUT2D eigenvalue weighted by Gasteiger charge is 2.04. The van der Waals surface area contributed by atoms with E-state index in [-0.39, 0.29) is 11.8 Å². The van der Waals surface area contributed by atoms with Crippen molar-refractivity contribution >= 4 is 5.95 Å². The SMILES string of the molecule is Cc1ccc(Oc2cc(F)nc(N)n2)cc1C. The van der Waals surface area contributed by atoms with Crippen LogP contribution in [0.25, 0.3) is 0 Å². The number of anilines is 1. The van der Waals surface area contributed by atoms with Crippen LogP contribution in [0.15, 0.2) is 24.3 Å². The van der Waals surface area contributed by atoms with Gasteiger partial charge >= 0.3 is 0 Å².